The zero-order valence-electron chi connectivity index (χ0n) is 12.5. The molecule has 122 valence electrons. The van der Waals surface area contributed by atoms with Crippen LogP contribution in [-0.4, -0.2) is 19.2 Å². The van der Waals surface area contributed by atoms with Crippen LogP contribution in [0, 0.1) is 0 Å². The summed E-state index contributed by atoms with van der Waals surface area (Å²) in [4.78, 5) is 23.3. The molecule has 0 unspecified atom stereocenters. The van der Waals surface area contributed by atoms with Gasteiger partial charge in [0.05, 0.1) is 12.1 Å². The van der Waals surface area contributed by atoms with Crippen molar-refractivity contribution in [1.82, 2.24) is 0 Å². The predicted octanol–water partition coefficient (Wildman–Crippen LogP) is 4.00. The van der Waals surface area contributed by atoms with Gasteiger partial charge in [0.2, 0.25) is 0 Å². The minimum Gasteiger partial charge on any atom is -0.497 e. The van der Waals surface area contributed by atoms with Crippen LogP contribution < -0.4 is 10.5 Å². The van der Waals surface area contributed by atoms with Gasteiger partial charge >= 0.3 is 12.1 Å². The SMILES string of the molecule is COc1ccc2oc(-c3ccccc3Cl)c(C(=O)OC(N)=O)c2c1. The van der Waals surface area contributed by atoms with E-state index < -0.39 is 12.1 Å². The number of hydrogen-bond donors (Lipinski definition) is 1. The minimum absolute atomic E-state index is 0.0517. The fourth-order valence-corrected chi connectivity index (χ4v) is 2.61. The third-order valence-corrected chi connectivity index (χ3v) is 3.74. The average Bonchev–Trinajstić information content (AvgIpc) is 2.92. The summed E-state index contributed by atoms with van der Waals surface area (Å²) in [6, 6.07) is 11.8. The molecule has 0 aliphatic heterocycles. The van der Waals surface area contributed by atoms with Crippen LogP contribution in [0.15, 0.2) is 46.9 Å². The standard InChI is InChI=1S/C17H12ClNO5/c1-22-9-6-7-13-11(8-9)14(16(20)24-17(19)21)15(23-13)10-4-2-3-5-12(10)18/h2-8H,1H3,(H2,19,21). The lowest BCUT2D eigenvalue weighted by Gasteiger charge is -2.04. The average molecular weight is 346 g/mol. The zero-order chi connectivity index (χ0) is 17.3. The van der Waals surface area contributed by atoms with Gasteiger partial charge in [-0.25, -0.2) is 9.59 Å². The number of rotatable bonds is 3. The van der Waals surface area contributed by atoms with E-state index in [-0.39, 0.29) is 11.3 Å². The van der Waals surface area contributed by atoms with Crippen LogP contribution in [0.2, 0.25) is 5.02 Å². The molecule has 0 bridgehead atoms. The summed E-state index contributed by atoms with van der Waals surface area (Å²) in [6.45, 7) is 0. The first-order chi connectivity index (χ1) is 11.5. The van der Waals surface area contributed by atoms with Crippen LogP contribution in [0.3, 0.4) is 0 Å². The highest BCUT2D eigenvalue weighted by Gasteiger charge is 2.26. The van der Waals surface area contributed by atoms with Crippen LogP contribution in [0.1, 0.15) is 10.4 Å². The number of primary amides is 1. The number of esters is 1. The highest BCUT2D eigenvalue weighted by atomic mass is 35.5. The summed E-state index contributed by atoms with van der Waals surface area (Å²) >= 11 is 6.20. The maximum Gasteiger partial charge on any atom is 0.412 e. The van der Waals surface area contributed by atoms with Crippen LogP contribution in [0.25, 0.3) is 22.3 Å². The van der Waals surface area contributed by atoms with Gasteiger partial charge in [-0.05, 0) is 30.3 Å². The van der Waals surface area contributed by atoms with Gasteiger partial charge in [-0.3, -0.25) is 0 Å². The fourth-order valence-electron chi connectivity index (χ4n) is 2.38. The molecule has 0 aliphatic rings. The smallest absolute Gasteiger partial charge is 0.412 e. The third-order valence-electron chi connectivity index (χ3n) is 3.41. The Hall–Kier alpha value is -2.99. The second-order valence-corrected chi connectivity index (χ2v) is 5.26. The maximum atomic E-state index is 12.4. The molecule has 3 rings (SSSR count). The molecule has 1 amide bonds. The number of furan rings is 1. The third kappa shape index (κ3) is 2.79. The number of amides is 1. The first-order valence-corrected chi connectivity index (χ1v) is 7.26. The maximum absolute atomic E-state index is 12.4. The number of halogens is 1. The molecule has 2 aromatic carbocycles. The molecule has 6 nitrogen and oxygen atoms in total. The lowest BCUT2D eigenvalue weighted by Crippen LogP contribution is -2.18. The second-order valence-electron chi connectivity index (χ2n) is 4.86. The molecule has 3 aromatic rings. The highest BCUT2D eigenvalue weighted by molar-refractivity contribution is 6.33. The van der Waals surface area contributed by atoms with Crippen molar-refractivity contribution in [2.24, 2.45) is 5.73 Å². The monoisotopic (exact) mass is 345 g/mol. The minimum atomic E-state index is -1.21. The van der Waals surface area contributed by atoms with Gasteiger partial charge in [0, 0.05) is 10.9 Å². The molecule has 2 N–H and O–H groups in total. The summed E-state index contributed by atoms with van der Waals surface area (Å²) in [7, 11) is 1.50. The van der Waals surface area contributed by atoms with Crippen molar-refractivity contribution in [3.05, 3.63) is 53.1 Å². The molecule has 24 heavy (non-hydrogen) atoms. The number of carbonyl (C=O) groups is 2. The van der Waals surface area contributed by atoms with Crippen molar-refractivity contribution in [3.8, 4) is 17.1 Å². The Labute approximate surface area is 141 Å². The van der Waals surface area contributed by atoms with Gasteiger partial charge < -0.3 is 19.6 Å². The fraction of sp³-hybridized carbons (Fsp3) is 0.0588. The summed E-state index contributed by atoms with van der Waals surface area (Å²) in [5.74, 6) is -0.221. The molecular formula is C17H12ClNO5. The normalized spacial score (nSPS) is 10.6. The van der Waals surface area contributed by atoms with Crippen molar-refractivity contribution in [2.45, 2.75) is 0 Å². The van der Waals surface area contributed by atoms with E-state index in [1.807, 2.05) is 0 Å². The van der Waals surface area contributed by atoms with Crippen LogP contribution >= 0.6 is 11.6 Å². The Bertz CT molecular complexity index is 947. The Morgan fingerprint density at radius 3 is 2.58 bits per heavy atom. The van der Waals surface area contributed by atoms with Crippen molar-refractivity contribution >= 4 is 34.6 Å². The van der Waals surface area contributed by atoms with E-state index in [2.05, 4.69) is 4.74 Å². The second kappa shape index (κ2) is 6.25. The van der Waals surface area contributed by atoms with E-state index in [9.17, 15) is 9.59 Å². The van der Waals surface area contributed by atoms with E-state index in [0.717, 1.165) is 0 Å². The molecule has 0 spiro atoms. The lowest BCUT2D eigenvalue weighted by atomic mass is 10.1. The van der Waals surface area contributed by atoms with Gasteiger partial charge in [0.15, 0.2) is 5.76 Å². The number of methoxy groups -OCH3 is 1. The van der Waals surface area contributed by atoms with Crippen molar-refractivity contribution in [2.75, 3.05) is 7.11 Å². The number of carbonyl (C=O) groups excluding carboxylic acids is 2. The Morgan fingerprint density at radius 2 is 1.92 bits per heavy atom. The van der Waals surface area contributed by atoms with Crippen LogP contribution in [0.5, 0.6) is 5.75 Å². The topological polar surface area (TPSA) is 91.8 Å². The summed E-state index contributed by atoms with van der Waals surface area (Å²) in [6.07, 6.45) is -1.21. The van der Waals surface area contributed by atoms with Gasteiger partial charge in [-0.15, -0.1) is 0 Å². The van der Waals surface area contributed by atoms with Crippen LogP contribution in [-0.2, 0) is 4.74 Å². The molecule has 1 heterocycles. The molecule has 0 aliphatic carbocycles. The lowest BCUT2D eigenvalue weighted by molar-refractivity contribution is 0.0640. The number of ether oxygens (including phenoxy) is 2. The van der Waals surface area contributed by atoms with E-state index in [1.54, 1.807) is 42.5 Å². The first-order valence-electron chi connectivity index (χ1n) is 6.88. The molecule has 0 saturated heterocycles. The van der Waals surface area contributed by atoms with E-state index in [1.165, 1.54) is 7.11 Å². The number of nitrogens with two attached hydrogens (primary N) is 1. The molecule has 1 aromatic heterocycles. The Morgan fingerprint density at radius 1 is 1.17 bits per heavy atom. The highest BCUT2D eigenvalue weighted by Crippen LogP contribution is 2.38. The van der Waals surface area contributed by atoms with E-state index >= 15 is 0 Å². The molecule has 7 heteroatoms. The zero-order valence-corrected chi connectivity index (χ0v) is 13.3. The molecular weight excluding hydrogens is 334 g/mol. The van der Waals surface area contributed by atoms with E-state index in [4.69, 9.17) is 26.5 Å². The number of fused-ring (bicyclic) bond motifs is 1. The largest absolute Gasteiger partial charge is 0.497 e. The van der Waals surface area contributed by atoms with E-state index in [0.29, 0.717) is 27.3 Å². The molecule has 0 radical (unpaired) electrons. The van der Waals surface area contributed by atoms with Gasteiger partial charge in [0.1, 0.15) is 16.9 Å². The summed E-state index contributed by atoms with van der Waals surface area (Å²) in [5.41, 5.74) is 5.92. The first kappa shape index (κ1) is 15.9. The van der Waals surface area contributed by atoms with Crippen molar-refractivity contribution in [1.29, 1.82) is 0 Å². The van der Waals surface area contributed by atoms with Gasteiger partial charge in [-0.2, -0.15) is 0 Å². The summed E-state index contributed by atoms with van der Waals surface area (Å²) in [5, 5.41) is 0.812. The Balaban J connectivity index is 2.30. The Kier molecular flexibility index (Phi) is 4.14. The number of hydrogen-bond acceptors (Lipinski definition) is 5. The number of benzene rings is 2. The van der Waals surface area contributed by atoms with Gasteiger partial charge in [0.25, 0.3) is 0 Å². The van der Waals surface area contributed by atoms with Crippen LogP contribution in [0.4, 0.5) is 4.79 Å². The molecule has 0 saturated carbocycles. The predicted molar refractivity (Wildman–Crippen MR) is 88.2 cm³/mol. The van der Waals surface area contributed by atoms with Crippen molar-refractivity contribution in [3.63, 3.8) is 0 Å². The summed E-state index contributed by atoms with van der Waals surface area (Å²) < 4.78 is 15.5. The molecule has 0 atom stereocenters. The van der Waals surface area contributed by atoms with Gasteiger partial charge in [-0.1, -0.05) is 23.7 Å². The van der Waals surface area contributed by atoms with Crippen molar-refractivity contribution < 1.29 is 23.5 Å². The molecule has 0 fully saturated rings. The quantitative estimate of drug-likeness (QED) is 0.572.